The first kappa shape index (κ1) is 18.6. The molecule has 2 aromatic carbocycles. The fraction of sp³-hybridized carbons (Fsp3) is 0.222. The van der Waals surface area contributed by atoms with Gasteiger partial charge in [-0.2, -0.15) is 0 Å². The van der Waals surface area contributed by atoms with E-state index in [4.69, 9.17) is 0 Å². The zero-order valence-corrected chi connectivity index (χ0v) is 16.6. The number of hydrogen-bond acceptors (Lipinski definition) is 4. The van der Waals surface area contributed by atoms with Crippen molar-refractivity contribution in [2.75, 3.05) is 15.4 Å². The molecule has 26 heavy (non-hydrogen) atoms. The highest BCUT2D eigenvalue weighted by atomic mass is 79.9. The number of para-hydroxylation sites is 1. The number of anilines is 2. The third-order valence-electron chi connectivity index (χ3n) is 4.05. The Morgan fingerprint density at radius 3 is 2.46 bits per heavy atom. The van der Waals surface area contributed by atoms with Crippen LogP contribution in [-0.4, -0.2) is 26.0 Å². The molecule has 2 amide bonds. The highest BCUT2D eigenvalue weighted by molar-refractivity contribution is 9.10. The lowest BCUT2D eigenvalue weighted by Crippen LogP contribution is -2.33. The van der Waals surface area contributed by atoms with Gasteiger partial charge in [-0.1, -0.05) is 18.2 Å². The van der Waals surface area contributed by atoms with E-state index in [1.807, 2.05) is 6.07 Å². The molecule has 0 atom stereocenters. The first-order valence-electron chi connectivity index (χ1n) is 7.85. The van der Waals surface area contributed by atoms with Gasteiger partial charge in [0.1, 0.15) is 0 Å². The van der Waals surface area contributed by atoms with Gasteiger partial charge in [0.15, 0.2) is 0 Å². The maximum atomic E-state index is 12.5. The maximum absolute atomic E-state index is 12.5. The van der Waals surface area contributed by atoms with Crippen molar-refractivity contribution in [3.05, 3.63) is 58.6 Å². The summed E-state index contributed by atoms with van der Waals surface area (Å²) in [5.74, 6) is -1.16. The van der Waals surface area contributed by atoms with Gasteiger partial charge in [0.2, 0.25) is 15.9 Å². The number of nitrogens with zero attached hydrogens (tertiary/aromatic N) is 1. The molecule has 3 rings (SSSR count). The van der Waals surface area contributed by atoms with Gasteiger partial charge in [0.25, 0.3) is 5.91 Å². The van der Waals surface area contributed by atoms with Gasteiger partial charge >= 0.3 is 0 Å². The van der Waals surface area contributed by atoms with Crippen LogP contribution in [0.1, 0.15) is 24.2 Å². The zero-order chi connectivity index (χ0) is 19.1. The molecule has 1 N–H and O–H groups in total. The number of nitrogens with one attached hydrogen (secondary N) is 1. The number of amides is 2. The Morgan fingerprint density at radius 2 is 1.85 bits per heavy atom. The lowest BCUT2D eigenvalue weighted by Gasteiger charge is -2.18. The summed E-state index contributed by atoms with van der Waals surface area (Å²) in [4.78, 5) is 25.0. The number of halogens is 1. The molecule has 0 aromatic heterocycles. The van der Waals surface area contributed by atoms with Crippen LogP contribution in [0.4, 0.5) is 11.4 Å². The fourth-order valence-corrected chi connectivity index (χ4v) is 5.27. The van der Waals surface area contributed by atoms with Crippen LogP contribution in [0, 0.1) is 5.41 Å². The van der Waals surface area contributed by atoms with E-state index < -0.39 is 27.3 Å². The summed E-state index contributed by atoms with van der Waals surface area (Å²) in [6.07, 6.45) is 0. The average molecular weight is 437 g/mol. The van der Waals surface area contributed by atoms with Crippen molar-refractivity contribution in [3.63, 3.8) is 0 Å². The third-order valence-corrected chi connectivity index (χ3v) is 6.76. The van der Waals surface area contributed by atoms with Gasteiger partial charge in [0, 0.05) is 10.0 Å². The molecule has 0 spiro atoms. The minimum absolute atomic E-state index is 0.167. The Kier molecular flexibility index (Phi) is 4.66. The standard InChI is InChI=1S/C18H17BrN2O4S/c1-18(2)11-26(24,25)21(17(18)23)13-7-5-6-12(10-13)16(22)20-15-9-4-3-8-14(15)19/h3-10H,11H2,1-2H3,(H,20,22). The lowest BCUT2D eigenvalue weighted by molar-refractivity contribution is -0.123. The van der Waals surface area contributed by atoms with Gasteiger partial charge in [-0.3, -0.25) is 9.59 Å². The zero-order valence-electron chi connectivity index (χ0n) is 14.2. The van der Waals surface area contributed by atoms with Crippen molar-refractivity contribution in [1.82, 2.24) is 0 Å². The van der Waals surface area contributed by atoms with Crippen LogP contribution >= 0.6 is 15.9 Å². The predicted molar refractivity (Wildman–Crippen MR) is 104 cm³/mol. The van der Waals surface area contributed by atoms with Gasteiger partial charge in [-0.15, -0.1) is 0 Å². The number of benzene rings is 2. The molecule has 1 aliphatic rings. The first-order valence-corrected chi connectivity index (χ1v) is 10.3. The van der Waals surface area contributed by atoms with Crippen LogP contribution in [-0.2, 0) is 14.8 Å². The summed E-state index contributed by atoms with van der Waals surface area (Å²) in [6.45, 7) is 3.19. The third kappa shape index (κ3) is 3.39. The molecule has 1 aliphatic heterocycles. The van der Waals surface area contributed by atoms with E-state index in [-0.39, 0.29) is 17.0 Å². The van der Waals surface area contributed by atoms with Crippen molar-refractivity contribution < 1.29 is 18.0 Å². The number of sulfonamides is 1. The second-order valence-corrected chi connectivity index (χ2v) is 9.37. The van der Waals surface area contributed by atoms with Gasteiger partial charge < -0.3 is 5.32 Å². The van der Waals surface area contributed by atoms with Crippen molar-refractivity contribution in [2.24, 2.45) is 5.41 Å². The molecule has 0 unspecified atom stereocenters. The normalized spacial score (nSPS) is 18.0. The quantitative estimate of drug-likeness (QED) is 0.798. The molecular formula is C18H17BrN2O4S. The summed E-state index contributed by atoms with van der Waals surface area (Å²) in [5.41, 5.74) is 0.0200. The van der Waals surface area contributed by atoms with Crippen LogP contribution in [0.5, 0.6) is 0 Å². The Hall–Kier alpha value is -2.19. The summed E-state index contributed by atoms with van der Waals surface area (Å²) in [6, 6.07) is 13.2. The van der Waals surface area contributed by atoms with Crippen molar-refractivity contribution in [1.29, 1.82) is 0 Å². The van der Waals surface area contributed by atoms with Crippen LogP contribution in [0.15, 0.2) is 53.0 Å². The second kappa shape index (κ2) is 6.51. The molecule has 6 nitrogen and oxygen atoms in total. The fourth-order valence-electron chi connectivity index (χ4n) is 2.79. The highest BCUT2D eigenvalue weighted by Gasteiger charge is 2.49. The van der Waals surface area contributed by atoms with Gasteiger partial charge in [0.05, 0.1) is 22.5 Å². The van der Waals surface area contributed by atoms with E-state index in [2.05, 4.69) is 21.2 Å². The topological polar surface area (TPSA) is 83.6 Å². The molecule has 136 valence electrons. The molecule has 1 fully saturated rings. The second-order valence-electron chi connectivity index (χ2n) is 6.69. The Morgan fingerprint density at radius 1 is 1.15 bits per heavy atom. The van der Waals surface area contributed by atoms with Crippen LogP contribution in [0.25, 0.3) is 0 Å². The molecule has 2 aromatic rings. The molecule has 0 radical (unpaired) electrons. The monoisotopic (exact) mass is 436 g/mol. The molecule has 0 bridgehead atoms. The van der Waals surface area contributed by atoms with Crippen LogP contribution in [0.3, 0.4) is 0 Å². The summed E-state index contributed by atoms with van der Waals surface area (Å²) >= 11 is 3.35. The van der Waals surface area contributed by atoms with Crippen molar-refractivity contribution in [3.8, 4) is 0 Å². The van der Waals surface area contributed by atoms with Gasteiger partial charge in [-0.05, 0) is 60.1 Å². The summed E-state index contributed by atoms with van der Waals surface area (Å²) in [5, 5.41) is 2.75. The molecule has 1 heterocycles. The SMILES string of the molecule is CC1(C)CS(=O)(=O)N(c2cccc(C(=O)Nc3ccccc3Br)c2)C1=O. The smallest absolute Gasteiger partial charge is 0.255 e. The van der Waals surface area contributed by atoms with Crippen LogP contribution in [0.2, 0.25) is 0 Å². The Bertz CT molecular complexity index is 1000. The van der Waals surface area contributed by atoms with E-state index in [1.165, 1.54) is 12.1 Å². The number of hydrogen-bond donors (Lipinski definition) is 1. The predicted octanol–water partition coefficient (Wildman–Crippen LogP) is 3.40. The van der Waals surface area contributed by atoms with E-state index in [0.29, 0.717) is 5.69 Å². The molecule has 0 saturated carbocycles. The summed E-state index contributed by atoms with van der Waals surface area (Å²) in [7, 11) is -3.76. The minimum atomic E-state index is -3.76. The largest absolute Gasteiger partial charge is 0.321 e. The van der Waals surface area contributed by atoms with Crippen LogP contribution < -0.4 is 9.62 Å². The first-order chi connectivity index (χ1) is 12.1. The van der Waals surface area contributed by atoms with Gasteiger partial charge in [-0.25, -0.2) is 12.7 Å². The molecule has 1 saturated heterocycles. The molecular weight excluding hydrogens is 420 g/mol. The molecule has 0 aliphatic carbocycles. The summed E-state index contributed by atoms with van der Waals surface area (Å²) < 4.78 is 26.3. The van der Waals surface area contributed by atoms with E-state index in [0.717, 1.165) is 8.78 Å². The van der Waals surface area contributed by atoms with Crippen molar-refractivity contribution >= 4 is 49.1 Å². The Labute approximate surface area is 160 Å². The van der Waals surface area contributed by atoms with E-state index >= 15 is 0 Å². The maximum Gasteiger partial charge on any atom is 0.255 e. The van der Waals surface area contributed by atoms with Crippen molar-refractivity contribution in [2.45, 2.75) is 13.8 Å². The highest BCUT2D eigenvalue weighted by Crippen LogP contribution is 2.36. The number of carbonyl (C=O) groups excluding carboxylic acids is 2. The average Bonchev–Trinajstić information content (AvgIpc) is 2.72. The van der Waals surface area contributed by atoms with E-state index in [9.17, 15) is 18.0 Å². The lowest BCUT2D eigenvalue weighted by atomic mass is 9.95. The van der Waals surface area contributed by atoms with E-state index in [1.54, 1.807) is 44.2 Å². The number of carbonyl (C=O) groups is 2. The molecule has 8 heteroatoms. The minimum Gasteiger partial charge on any atom is -0.321 e. The number of rotatable bonds is 3. The Balaban J connectivity index is 1.93.